The van der Waals surface area contributed by atoms with Gasteiger partial charge in [-0.05, 0) is 29.8 Å². The van der Waals surface area contributed by atoms with Crippen LogP contribution in [0.2, 0.25) is 5.02 Å². The van der Waals surface area contributed by atoms with Crippen LogP contribution in [-0.4, -0.2) is 24.8 Å². The van der Waals surface area contributed by atoms with Crippen LogP contribution in [0, 0.1) is 0 Å². The molecule has 7 heteroatoms. The Morgan fingerprint density at radius 3 is 2.70 bits per heavy atom. The quantitative estimate of drug-likeness (QED) is 0.564. The average Bonchev–Trinajstić information content (AvgIpc) is 3.15. The first-order chi connectivity index (χ1) is 11.3. The van der Waals surface area contributed by atoms with Crippen LogP contribution in [0.5, 0.6) is 0 Å². The highest BCUT2D eigenvalue weighted by atomic mass is 35.5. The van der Waals surface area contributed by atoms with Gasteiger partial charge in [-0.25, -0.2) is 0 Å². The SMILES string of the molecule is Clc1ccccc1/C=C\c1nn2c(-c3ccccn3)nnc2s1. The largest absolute Gasteiger partial charge is 0.253 e. The lowest BCUT2D eigenvalue weighted by Gasteiger charge is -1.95. The van der Waals surface area contributed by atoms with Crippen molar-refractivity contribution in [2.24, 2.45) is 0 Å². The van der Waals surface area contributed by atoms with Gasteiger partial charge in [-0.15, -0.1) is 10.2 Å². The van der Waals surface area contributed by atoms with Gasteiger partial charge in [0.15, 0.2) is 0 Å². The summed E-state index contributed by atoms with van der Waals surface area (Å²) in [5.41, 5.74) is 1.69. The number of hydrogen-bond acceptors (Lipinski definition) is 5. The fourth-order valence-electron chi connectivity index (χ4n) is 2.13. The van der Waals surface area contributed by atoms with Gasteiger partial charge in [0.25, 0.3) is 0 Å². The van der Waals surface area contributed by atoms with E-state index in [9.17, 15) is 0 Å². The molecular formula is C16H10ClN5S. The molecule has 0 saturated carbocycles. The molecule has 0 bridgehead atoms. The summed E-state index contributed by atoms with van der Waals surface area (Å²) >= 11 is 7.61. The van der Waals surface area contributed by atoms with Crippen molar-refractivity contribution < 1.29 is 0 Å². The zero-order valence-corrected chi connectivity index (χ0v) is 13.4. The number of rotatable bonds is 3. The van der Waals surface area contributed by atoms with Gasteiger partial charge in [-0.3, -0.25) is 4.98 Å². The van der Waals surface area contributed by atoms with Crippen molar-refractivity contribution in [2.45, 2.75) is 0 Å². The lowest BCUT2D eigenvalue weighted by Crippen LogP contribution is -1.92. The number of pyridine rings is 1. The van der Waals surface area contributed by atoms with Gasteiger partial charge in [-0.1, -0.05) is 53.3 Å². The summed E-state index contributed by atoms with van der Waals surface area (Å²) in [6.07, 6.45) is 5.58. The van der Waals surface area contributed by atoms with Gasteiger partial charge in [0, 0.05) is 11.2 Å². The maximum atomic E-state index is 6.15. The van der Waals surface area contributed by atoms with Crippen molar-refractivity contribution >= 4 is 40.1 Å². The molecule has 0 amide bonds. The Labute approximate surface area is 140 Å². The van der Waals surface area contributed by atoms with Crippen molar-refractivity contribution in [1.82, 2.24) is 24.8 Å². The molecule has 0 spiro atoms. The van der Waals surface area contributed by atoms with Gasteiger partial charge in [0.1, 0.15) is 10.7 Å². The second kappa shape index (κ2) is 5.91. The molecule has 0 aliphatic heterocycles. The fourth-order valence-corrected chi connectivity index (χ4v) is 3.06. The standard InChI is InChI=1S/C16H10ClN5S/c17-12-6-2-1-5-11(12)8-9-14-21-22-15(19-20-16(22)23-14)13-7-3-4-10-18-13/h1-10H/b9-8-. The predicted octanol–water partition coefficient (Wildman–Crippen LogP) is 4.07. The Balaban J connectivity index is 1.71. The Bertz CT molecular complexity index is 990. The minimum atomic E-state index is 0.634. The third-order valence-electron chi connectivity index (χ3n) is 3.21. The highest BCUT2D eigenvalue weighted by molar-refractivity contribution is 7.17. The van der Waals surface area contributed by atoms with E-state index in [1.807, 2.05) is 54.6 Å². The lowest BCUT2D eigenvalue weighted by atomic mass is 10.2. The molecule has 112 valence electrons. The molecule has 4 rings (SSSR count). The second-order valence-corrected chi connectivity index (χ2v) is 6.12. The third kappa shape index (κ3) is 2.74. The topological polar surface area (TPSA) is 56.0 Å². The summed E-state index contributed by atoms with van der Waals surface area (Å²) < 4.78 is 1.71. The molecule has 23 heavy (non-hydrogen) atoms. The number of fused-ring (bicyclic) bond motifs is 1. The van der Waals surface area contributed by atoms with Gasteiger partial charge < -0.3 is 0 Å². The maximum Gasteiger partial charge on any atom is 0.235 e. The number of halogens is 1. The van der Waals surface area contributed by atoms with Crippen molar-refractivity contribution in [2.75, 3.05) is 0 Å². The summed E-state index contributed by atoms with van der Waals surface area (Å²) in [5, 5.41) is 14.4. The minimum Gasteiger partial charge on any atom is -0.253 e. The zero-order chi connectivity index (χ0) is 15.6. The van der Waals surface area contributed by atoms with Gasteiger partial charge in [0.2, 0.25) is 10.8 Å². The van der Waals surface area contributed by atoms with Gasteiger partial charge in [-0.2, -0.15) is 9.61 Å². The van der Waals surface area contributed by atoms with E-state index < -0.39 is 0 Å². The monoisotopic (exact) mass is 339 g/mol. The molecule has 5 nitrogen and oxygen atoms in total. The maximum absolute atomic E-state index is 6.15. The van der Waals surface area contributed by atoms with Crippen LogP contribution in [0.4, 0.5) is 0 Å². The van der Waals surface area contributed by atoms with Crippen LogP contribution < -0.4 is 0 Å². The Morgan fingerprint density at radius 1 is 1.00 bits per heavy atom. The van der Waals surface area contributed by atoms with Crippen molar-refractivity contribution in [1.29, 1.82) is 0 Å². The summed E-state index contributed by atoms with van der Waals surface area (Å²) in [4.78, 5) is 5.02. The van der Waals surface area contributed by atoms with E-state index in [0.29, 0.717) is 10.8 Å². The number of nitrogens with zero attached hydrogens (tertiary/aromatic N) is 5. The van der Waals surface area contributed by atoms with Crippen LogP contribution in [0.15, 0.2) is 48.7 Å². The molecule has 0 atom stereocenters. The van der Waals surface area contributed by atoms with Crippen molar-refractivity contribution in [3.8, 4) is 11.5 Å². The molecule has 0 unspecified atom stereocenters. The number of hydrogen-bond donors (Lipinski definition) is 0. The third-order valence-corrected chi connectivity index (χ3v) is 4.42. The highest BCUT2D eigenvalue weighted by Crippen LogP contribution is 2.22. The smallest absolute Gasteiger partial charge is 0.235 e. The molecular weight excluding hydrogens is 330 g/mol. The number of benzene rings is 1. The van der Waals surface area contributed by atoms with Gasteiger partial charge >= 0.3 is 0 Å². The molecule has 4 aromatic rings. The minimum absolute atomic E-state index is 0.634. The fraction of sp³-hybridized carbons (Fsp3) is 0. The second-order valence-electron chi connectivity index (χ2n) is 4.73. The van der Waals surface area contributed by atoms with Crippen LogP contribution in [0.25, 0.3) is 28.6 Å². The summed E-state index contributed by atoms with van der Waals surface area (Å²) in [7, 11) is 0. The Morgan fingerprint density at radius 2 is 1.87 bits per heavy atom. The first kappa shape index (κ1) is 14.0. The summed E-state index contributed by atoms with van der Waals surface area (Å²) in [5.74, 6) is 0.634. The first-order valence-electron chi connectivity index (χ1n) is 6.87. The Kier molecular flexibility index (Phi) is 3.61. The van der Waals surface area contributed by atoms with Crippen LogP contribution in [0.3, 0.4) is 0 Å². The first-order valence-corrected chi connectivity index (χ1v) is 8.07. The van der Waals surface area contributed by atoms with E-state index >= 15 is 0 Å². The molecule has 0 aliphatic rings. The van der Waals surface area contributed by atoms with Crippen LogP contribution >= 0.6 is 22.9 Å². The molecule has 1 aromatic carbocycles. The van der Waals surface area contributed by atoms with E-state index in [1.165, 1.54) is 11.3 Å². The normalized spacial score (nSPS) is 11.5. The van der Waals surface area contributed by atoms with E-state index in [-0.39, 0.29) is 0 Å². The summed E-state index contributed by atoms with van der Waals surface area (Å²) in [6.45, 7) is 0. The van der Waals surface area contributed by atoms with E-state index in [2.05, 4.69) is 20.3 Å². The van der Waals surface area contributed by atoms with E-state index in [1.54, 1.807) is 10.7 Å². The molecule has 0 aliphatic carbocycles. The highest BCUT2D eigenvalue weighted by Gasteiger charge is 2.12. The van der Waals surface area contributed by atoms with Crippen molar-refractivity contribution in [3.63, 3.8) is 0 Å². The number of aromatic nitrogens is 5. The molecule has 3 heterocycles. The molecule has 0 radical (unpaired) electrons. The van der Waals surface area contributed by atoms with Crippen molar-refractivity contribution in [3.05, 3.63) is 64.3 Å². The average molecular weight is 340 g/mol. The van der Waals surface area contributed by atoms with Crippen LogP contribution in [-0.2, 0) is 0 Å². The van der Waals surface area contributed by atoms with E-state index in [0.717, 1.165) is 21.2 Å². The molecule has 0 saturated heterocycles. The molecule has 0 N–H and O–H groups in total. The van der Waals surface area contributed by atoms with E-state index in [4.69, 9.17) is 11.6 Å². The van der Waals surface area contributed by atoms with Crippen LogP contribution in [0.1, 0.15) is 10.6 Å². The zero-order valence-electron chi connectivity index (χ0n) is 11.8. The molecule has 3 aromatic heterocycles. The Hall–Kier alpha value is -2.57. The van der Waals surface area contributed by atoms with Gasteiger partial charge in [0.05, 0.1) is 0 Å². The lowest BCUT2D eigenvalue weighted by molar-refractivity contribution is 0.951. The predicted molar refractivity (Wildman–Crippen MR) is 92.3 cm³/mol. The summed E-state index contributed by atoms with van der Waals surface area (Å²) in [6, 6.07) is 13.3. The molecule has 0 fully saturated rings.